The number of carbonyl (C=O) groups is 1. The van der Waals surface area contributed by atoms with E-state index in [1.165, 1.54) is 35.8 Å². The highest BCUT2D eigenvalue weighted by atomic mass is 32.1. The summed E-state index contributed by atoms with van der Waals surface area (Å²) in [4.78, 5) is 26.4. The minimum absolute atomic E-state index is 0.0620. The second kappa shape index (κ2) is 8.27. The highest BCUT2D eigenvalue weighted by Crippen LogP contribution is 2.19. The van der Waals surface area contributed by atoms with Crippen LogP contribution < -0.4 is 9.41 Å². The Balaban J connectivity index is 2.24. The third kappa shape index (κ3) is 5.26. The lowest BCUT2D eigenvalue weighted by molar-refractivity contribution is -0.384. The van der Waals surface area contributed by atoms with E-state index in [-0.39, 0.29) is 17.0 Å². The van der Waals surface area contributed by atoms with Crippen molar-refractivity contribution in [3.63, 3.8) is 0 Å². The first-order chi connectivity index (χ1) is 12.2. The molecule has 0 N–H and O–H groups in total. The van der Waals surface area contributed by atoms with Crippen molar-refractivity contribution in [2.45, 2.75) is 52.5 Å². The quantitative estimate of drug-likeness (QED) is 0.560. The van der Waals surface area contributed by atoms with Crippen LogP contribution in [0.3, 0.4) is 0 Å². The Morgan fingerprint density at radius 1 is 1.31 bits per heavy atom. The van der Waals surface area contributed by atoms with Gasteiger partial charge in [-0.15, -0.1) is 0 Å². The minimum atomic E-state index is -0.737. The third-order valence-corrected chi connectivity index (χ3v) is 5.02. The average Bonchev–Trinajstić information content (AvgIpc) is 2.96. The van der Waals surface area contributed by atoms with Crippen LogP contribution in [0.15, 0.2) is 35.5 Å². The van der Waals surface area contributed by atoms with Crippen LogP contribution in [-0.2, 0) is 12.0 Å². The molecule has 0 aliphatic heterocycles. The van der Waals surface area contributed by atoms with Crippen molar-refractivity contribution in [3.8, 4) is 5.75 Å². The molecule has 0 bridgehead atoms. The number of carbonyl (C=O) groups excluding carboxylic acids is 1. The third-order valence-electron chi connectivity index (χ3n) is 3.64. The molecule has 1 heterocycles. The van der Waals surface area contributed by atoms with Crippen LogP contribution in [0.25, 0.3) is 0 Å². The lowest BCUT2D eigenvalue weighted by atomic mass is 10.1. The standard InChI is InChI=1S/C18H23N3O4S/c1-5-6-7-13-12-20(18(2,3)4)26-16(13)19-17(22)25-15-10-8-14(9-11-15)21(23)24/h8-12H,5-7H2,1-4H3/b19-16-. The van der Waals surface area contributed by atoms with Gasteiger partial charge < -0.3 is 4.74 Å². The molecule has 2 aromatic rings. The van der Waals surface area contributed by atoms with E-state index in [0.29, 0.717) is 4.67 Å². The lowest BCUT2D eigenvalue weighted by Crippen LogP contribution is -2.18. The Bertz CT molecular complexity index is 845. The first-order valence-electron chi connectivity index (χ1n) is 8.44. The van der Waals surface area contributed by atoms with Gasteiger partial charge in [0.15, 0.2) is 0 Å². The van der Waals surface area contributed by atoms with Crippen molar-refractivity contribution in [1.82, 2.24) is 3.96 Å². The number of aromatic nitrogens is 1. The number of aryl methyl sites for hydroxylation is 1. The van der Waals surface area contributed by atoms with E-state index in [4.69, 9.17) is 4.74 Å². The van der Waals surface area contributed by atoms with Crippen LogP contribution in [0.4, 0.5) is 10.5 Å². The predicted molar refractivity (Wildman–Crippen MR) is 101 cm³/mol. The largest absolute Gasteiger partial charge is 0.440 e. The maximum Gasteiger partial charge on any atom is 0.440 e. The van der Waals surface area contributed by atoms with E-state index in [1.807, 2.05) is 6.20 Å². The molecule has 0 unspecified atom stereocenters. The van der Waals surface area contributed by atoms with E-state index < -0.39 is 11.0 Å². The molecule has 0 saturated heterocycles. The SMILES string of the molecule is CCCCc1cn(C(C)(C)C)s/c1=N\C(=O)Oc1ccc([N+](=O)[O-])cc1. The van der Waals surface area contributed by atoms with Gasteiger partial charge in [-0.3, -0.25) is 14.1 Å². The van der Waals surface area contributed by atoms with Gasteiger partial charge in [0.25, 0.3) is 5.69 Å². The number of ether oxygens (including phenoxy) is 1. The van der Waals surface area contributed by atoms with Crippen molar-refractivity contribution < 1.29 is 14.5 Å². The summed E-state index contributed by atoms with van der Waals surface area (Å²) in [6, 6.07) is 5.34. The summed E-state index contributed by atoms with van der Waals surface area (Å²) in [5, 5.41) is 10.7. The zero-order valence-electron chi connectivity index (χ0n) is 15.4. The van der Waals surface area contributed by atoms with Gasteiger partial charge in [0.2, 0.25) is 0 Å². The van der Waals surface area contributed by atoms with E-state index in [1.54, 1.807) is 0 Å². The van der Waals surface area contributed by atoms with Gasteiger partial charge in [0.05, 0.1) is 4.92 Å². The molecule has 0 saturated carbocycles. The number of nitro groups is 1. The predicted octanol–water partition coefficient (Wildman–Crippen LogP) is 4.66. The minimum Gasteiger partial charge on any atom is -0.409 e. The number of unbranched alkanes of at least 4 members (excludes halogenated alkanes) is 1. The Labute approximate surface area is 156 Å². The smallest absolute Gasteiger partial charge is 0.409 e. The molecule has 0 fully saturated rings. The normalized spacial score (nSPS) is 12.2. The molecule has 8 heteroatoms. The van der Waals surface area contributed by atoms with Crippen LogP contribution >= 0.6 is 11.5 Å². The molecule has 140 valence electrons. The number of rotatable bonds is 5. The molecule has 1 aromatic heterocycles. The molecule has 0 radical (unpaired) electrons. The zero-order chi connectivity index (χ0) is 19.3. The maximum atomic E-state index is 12.2. The summed E-state index contributed by atoms with van der Waals surface area (Å²) in [7, 11) is 0. The molecule has 7 nitrogen and oxygen atoms in total. The van der Waals surface area contributed by atoms with E-state index in [2.05, 4.69) is 36.6 Å². The summed E-state index contributed by atoms with van der Waals surface area (Å²) in [5.74, 6) is 0.222. The molecule has 1 aromatic carbocycles. The van der Waals surface area contributed by atoms with Gasteiger partial charge in [-0.2, -0.15) is 4.99 Å². The van der Waals surface area contributed by atoms with Crippen LogP contribution in [0.2, 0.25) is 0 Å². The van der Waals surface area contributed by atoms with Crippen LogP contribution in [-0.4, -0.2) is 15.0 Å². The van der Waals surface area contributed by atoms with E-state index in [0.717, 1.165) is 24.8 Å². The second-order valence-corrected chi connectivity index (χ2v) is 7.84. The van der Waals surface area contributed by atoms with E-state index >= 15 is 0 Å². The number of nitrogens with zero attached hydrogens (tertiary/aromatic N) is 3. The highest BCUT2D eigenvalue weighted by molar-refractivity contribution is 7.04. The van der Waals surface area contributed by atoms with Gasteiger partial charge in [-0.25, -0.2) is 4.79 Å². The molecule has 0 spiro atoms. The van der Waals surface area contributed by atoms with Gasteiger partial charge in [-0.05, 0) is 57.3 Å². The Hall–Kier alpha value is -2.48. The van der Waals surface area contributed by atoms with Crippen molar-refractivity contribution in [2.75, 3.05) is 0 Å². The van der Waals surface area contributed by atoms with Gasteiger partial charge >= 0.3 is 6.09 Å². The molecule has 0 aliphatic rings. The monoisotopic (exact) mass is 377 g/mol. The Morgan fingerprint density at radius 2 is 1.96 bits per heavy atom. The van der Waals surface area contributed by atoms with Crippen molar-refractivity contribution in [1.29, 1.82) is 0 Å². The fourth-order valence-electron chi connectivity index (χ4n) is 2.18. The number of amides is 1. The maximum absolute atomic E-state index is 12.2. The summed E-state index contributed by atoms with van der Waals surface area (Å²) in [5.41, 5.74) is 0.863. The van der Waals surface area contributed by atoms with Crippen molar-refractivity contribution >= 4 is 23.3 Å². The van der Waals surface area contributed by atoms with Crippen LogP contribution in [0.5, 0.6) is 5.75 Å². The summed E-state index contributed by atoms with van der Waals surface area (Å²) >= 11 is 1.42. The number of non-ortho nitro benzene ring substituents is 1. The van der Waals surface area contributed by atoms with Crippen molar-refractivity contribution in [2.24, 2.45) is 4.99 Å². The van der Waals surface area contributed by atoms with Gasteiger partial charge in [-0.1, -0.05) is 13.3 Å². The van der Waals surface area contributed by atoms with E-state index in [9.17, 15) is 14.9 Å². The number of nitro benzene ring substituents is 1. The Morgan fingerprint density at radius 3 is 2.50 bits per heavy atom. The molecule has 2 rings (SSSR count). The fourth-order valence-corrected chi connectivity index (χ4v) is 3.21. The molecule has 1 amide bonds. The first-order valence-corrected chi connectivity index (χ1v) is 9.21. The fraction of sp³-hybridized carbons (Fsp3) is 0.444. The summed E-state index contributed by atoms with van der Waals surface area (Å²) in [6.45, 7) is 8.38. The molecular formula is C18H23N3O4S. The average molecular weight is 377 g/mol. The van der Waals surface area contributed by atoms with Gasteiger partial charge in [0.1, 0.15) is 10.4 Å². The van der Waals surface area contributed by atoms with Gasteiger partial charge in [0, 0.05) is 29.4 Å². The molecule has 0 atom stereocenters. The first kappa shape index (κ1) is 19.8. The second-order valence-electron chi connectivity index (χ2n) is 6.88. The number of hydrogen-bond donors (Lipinski definition) is 0. The molecule has 26 heavy (non-hydrogen) atoms. The van der Waals surface area contributed by atoms with Crippen LogP contribution in [0, 0.1) is 10.1 Å². The zero-order valence-corrected chi connectivity index (χ0v) is 16.2. The Kier molecular flexibility index (Phi) is 6.31. The number of hydrogen-bond acceptors (Lipinski definition) is 5. The molecule has 0 aliphatic carbocycles. The van der Waals surface area contributed by atoms with Crippen molar-refractivity contribution in [3.05, 3.63) is 50.8 Å². The summed E-state index contributed by atoms with van der Waals surface area (Å²) in [6.07, 6.45) is 4.22. The summed E-state index contributed by atoms with van der Waals surface area (Å²) < 4.78 is 7.90. The lowest BCUT2D eigenvalue weighted by Gasteiger charge is -2.19. The molecular weight excluding hydrogens is 354 g/mol. The number of benzene rings is 1. The van der Waals surface area contributed by atoms with Crippen LogP contribution in [0.1, 0.15) is 46.1 Å². The highest BCUT2D eigenvalue weighted by Gasteiger charge is 2.16. The topological polar surface area (TPSA) is 86.7 Å².